The van der Waals surface area contributed by atoms with Gasteiger partial charge in [0.15, 0.2) is 5.60 Å². The molecule has 2 N–H and O–H groups in total. The number of nitrogen functional groups attached to an aromatic ring is 1. The van der Waals surface area contributed by atoms with Crippen molar-refractivity contribution in [2.75, 3.05) is 12.3 Å². The van der Waals surface area contributed by atoms with E-state index in [1.54, 1.807) is 32.0 Å². The van der Waals surface area contributed by atoms with E-state index in [2.05, 4.69) is 6.58 Å². The lowest BCUT2D eigenvalue weighted by Crippen LogP contribution is -2.39. The topological polar surface area (TPSA) is 61.5 Å². The van der Waals surface area contributed by atoms with Crippen molar-refractivity contribution in [1.82, 2.24) is 0 Å². The van der Waals surface area contributed by atoms with Crippen LogP contribution in [0.1, 0.15) is 13.8 Å². The van der Waals surface area contributed by atoms with Gasteiger partial charge in [-0.05, 0) is 26.0 Å². The van der Waals surface area contributed by atoms with E-state index in [9.17, 15) is 4.79 Å². The number of halogens is 1. The zero-order valence-corrected chi connectivity index (χ0v) is 11.2. The molecule has 1 aromatic carbocycles. The largest absolute Gasteiger partial charge is 0.475 e. The number of carbonyl (C=O) groups is 1. The molecule has 0 radical (unpaired) electrons. The van der Waals surface area contributed by atoms with E-state index in [-0.39, 0.29) is 6.61 Å². The van der Waals surface area contributed by atoms with Crippen molar-refractivity contribution in [3.8, 4) is 5.75 Å². The van der Waals surface area contributed by atoms with Crippen LogP contribution < -0.4 is 10.5 Å². The highest BCUT2D eigenvalue weighted by Crippen LogP contribution is 2.30. The monoisotopic (exact) mass is 269 g/mol. The molecule has 5 heteroatoms. The van der Waals surface area contributed by atoms with Crippen LogP contribution in [0, 0.1) is 0 Å². The molecule has 0 aromatic heterocycles. The molecule has 0 spiro atoms. The van der Waals surface area contributed by atoms with E-state index in [4.69, 9.17) is 26.8 Å². The maximum Gasteiger partial charge on any atom is 0.350 e. The molecule has 0 saturated heterocycles. The number of rotatable bonds is 5. The fourth-order valence-corrected chi connectivity index (χ4v) is 1.38. The number of hydrogen-bond donors (Lipinski definition) is 1. The fraction of sp³-hybridized carbons (Fsp3) is 0.308. The molecule has 1 rings (SSSR count). The predicted octanol–water partition coefficient (Wildman–Crippen LogP) is 2.81. The molecule has 0 aliphatic rings. The molecule has 0 aliphatic carbocycles. The first-order valence-corrected chi connectivity index (χ1v) is 5.77. The maximum absolute atomic E-state index is 11.8. The number of anilines is 1. The molecule has 0 unspecified atom stereocenters. The lowest BCUT2D eigenvalue weighted by atomic mass is 10.1. The second-order valence-corrected chi connectivity index (χ2v) is 4.60. The average Bonchev–Trinajstić information content (AvgIpc) is 2.30. The Morgan fingerprint density at radius 2 is 2.22 bits per heavy atom. The van der Waals surface area contributed by atoms with Crippen molar-refractivity contribution in [3.63, 3.8) is 0 Å². The first-order chi connectivity index (χ1) is 8.36. The standard InChI is InChI=1S/C13H16ClNO3/c1-4-7-17-12(16)13(2,3)18-11-8-9(15)5-6-10(11)14/h4-6,8H,1,7,15H2,2-3H3. The number of nitrogens with two attached hydrogens (primary N) is 1. The number of carbonyl (C=O) groups excluding carboxylic acids is 1. The van der Waals surface area contributed by atoms with Crippen LogP contribution in [0.15, 0.2) is 30.9 Å². The average molecular weight is 270 g/mol. The van der Waals surface area contributed by atoms with Crippen molar-refractivity contribution in [1.29, 1.82) is 0 Å². The van der Waals surface area contributed by atoms with E-state index >= 15 is 0 Å². The van der Waals surface area contributed by atoms with Gasteiger partial charge in [0.25, 0.3) is 0 Å². The molecule has 0 bridgehead atoms. The molecule has 0 fully saturated rings. The van der Waals surface area contributed by atoms with Gasteiger partial charge in [-0.2, -0.15) is 0 Å². The lowest BCUT2D eigenvalue weighted by molar-refractivity contribution is -0.157. The minimum Gasteiger partial charge on any atom is -0.475 e. The summed E-state index contributed by atoms with van der Waals surface area (Å²) in [5, 5.41) is 0.383. The molecule has 0 aliphatic heterocycles. The predicted molar refractivity (Wildman–Crippen MR) is 71.7 cm³/mol. The van der Waals surface area contributed by atoms with Gasteiger partial charge in [0.1, 0.15) is 12.4 Å². The highest BCUT2D eigenvalue weighted by Gasteiger charge is 2.32. The van der Waals surface area contributed by atoms with E-state index < -0.39 is 11.6 Å². The van der Waals surface area contributed by atoms with Crippen LogP contribution in [0.3, 0.4) is 0 Å². The van der Waals surface area contributed by atoms with Gasteiger partial charge in [0.2, 0.25) is 0 Å². The third-order valence-electron chi connectivity index (χ3n) is 2.14. The van der Waals surface area contributed by atoms with Crippen molar-refractivity contribution in [3.05, 3.63) is 35.9 Å². The molecule has 0 heterocycles. The molecule has 1 aromatic rings. The van der Waals surface area contributed by atoms with Crippen molar-refractivity contribution < 1.29 is 14.3 Å². The molecular weight excluding hydrogens is 254 g/mol. The van der Waals surface area contributed by atoms with E-state index in [1.165, 1.54) is 6.08 Å². The molecule has 18 heavy (non-hydrogen) atoms. The summed E-state index contributed by atoms with van der Waals surface area (Å²) >= 11 is 5.96. The minimum absolute atomic E-state index is 0.135. The van der Waals surface area contributed by atoms with Gasteiger partial charge >= 0.3 is 5.97 Å². The van der Waals surface area contributed by atoms with Crippen molar-refractivity contribution in [2.24, 2.45) is 0 Å². The Bertz CT molecular complexity index is 458. The first kappa shape index (κ1) is 14.4. The Balaban J connectivity index is 2.84. The lowest BCUT2D eigenvalue weighted by Gasteiger charge is -2.24. The number of hydrogen-bond acceptors (Lipinski definition) is 4. The first-order valence-electron chi connectivity index (χ1n) is 5.39. The van der Waals surface area contributed by atoms with Crippen LogP contribution >= 0.6 is 11.6 Å². The summed E-state index contributed by atoms with van der Waals surface area (Å²) in [4.78, 5) is 11.8. The summed E-state index contributed by atoms with van der Waals surface area (Å²) in [6, 6.07) is 4.82. The molecule has 4 nitrogen and oxygen atoms in total. The Kier molecular flexibility index (Phi) is 4.62. The van der Waals surface area contributed by atoms with Gasteiger partial charge in [0.05, 0.1) is 5.02 Å². The van der Waals surface area contributed by atoms with Gasteiger partial charge < -0.3 is 15.2 Å². The van der Waals surface area contributed by atoms with Crippen LogP contribution in [0.25, 0.3) is 0 Å². The Labute approximate surface area is 111 Å². The van der Waals surface area contributed by atoms with Gasteiger partial charge in [0, 0.05) is 11.8 Å². The number of ether oxygens (including phenoxy) is 2. The third kappa shape index (κ3) is 3.67. The van der Waals surface area contributed by atoms with Crippen molar-refractivity contribution in [2.45, 2.75) is 19.4 Å². The Hall–Kier alpha value is -1.68. The highest BCUT2D eigenvalue weighted by molar-refractivity contribution is 6.32. The Morgan fingerprint density at radius 3 is 2.83 bits per heavy atom. The quantitative estimate of drug-likeness (QED) is 0.507. The molecule has 0 saturated carbocycles. The van der Waals surface area contributed by atoms with Crippen LogP contribution in [-0.4, -0.2) is 18.2 Å². The van der Waals surface area contributed by atoms with E-state index in [1.807, 2.05) is 0 Å². The fourth-order valence-electron chi connectivity index (χ4n) is 1.22. The van der Waals surface area contributed by atoms with Crippen LogP contribution in [0.4, 0.5) is 5.69 Å². The van der Waals surface area contributed by atoms with Gasteiger partial charge in [-0.3, -0.25) is 0 Å². The zero-order valence-electron chi connectivity index (χ0n) is 10.4. The van der Waals surface area contributed by atoms with Crippen molar-refractivity contribution >= 4 is 23.3 Å². The normalized spacial score (nSPS) is 10.8. The Morgan fingerprint density at radius 1 is 1.56 bits per heavy atom. The zero-order chi connectivity index (χ0) is 13.8. The minimum atomic E-state index is -1.15. The summed E-state index contributed by atoms with van der Waals surface area (Å²) in [6.07, 6.45) is 1.49. The summed E-state index contributed by atoms with van der Waals surface area (Å²) in [6.45, 7) is 6.79. The number of benzene rings is 1. The van der Waals surface area contributed by atoms with Gasteiger partial charge in [-0.1, -0.05) is 24.3 Å². The molecular formula is C13H16ClNO3. The van der Waals surface area contributed by atoms with Crippen LogP contribution in [0.5, 0.6) is 5.75 Å². The third-order valence-corrected chi connectivity index (χ3v) is 2.46. The second kappa shape index (κ2) is 5.78. The van der Waals surface area contributed by atoms with Gasteiger partial charge in [-0.25, -0.2) is 4.79 Å². The molecule has 0 atom stereocenters. The summed E-state index contributed by atoms with van der Waals surface area (Å²) in [5.74, 6) is -0.155. The summed E-state index contributed by atoms with van der Waals surface area (Å²) in [7, 11) is 0. The van der Waals surface area contributed by atoms with E-state index in [0.29, 0.717) is 16.5 Å². The molecule has 98 valence electrons. The maximum atomic E-state index is 11.8. The van der Waals surface area contributed by atoms with Crippen LogP contribution in [-0.2, 0) is 9.53 Å². The highest BCUT2D eigenvalue weighted by atomic mass is 35.5. The summed E-state index contributed by atoms with van der Waals surface area (Å²) in [5.41, 5.74) is 4.99. The van der Waals surface area contributed by atoms with E-state index in [0.717, 1.165) is 0 Å². The van der Waals surface area contributed by atoms with Crippen LogP contribution in [0.2, 0.25) is 5.02 Å². The SMILES string of the molecule is C=CCOC(=O)C(C)(C)Oc1cc(N)ccc1Cl. The number of esters is 1. The smallest absolute Gasteiger partial charge is 0.350 e. The summed E-state index contributed by atoms with van der Waals surface area (Å²) < 4.78 is 10.5. The second-order valence-electron chi connectivity index (χ2n) is 4.19. The van der Waals surface area contributed by atoms with Gasteiger partial charge in [-0.15, -0.1) is 0 Å². The molecule has 0 amide bonds.